The van der Waals surface area contributed by atoms with Crippen LogP contribution in [-0.2, 0) is 0 Å². The molecule has 0 aliphatic carbocycles. The summed E-state index contributed by atoms with van der Waals surface area (Å²) in [5.41, 5.74) is 6.24. The van der Waals surface area contributed by atoms with Gasteiger partial charge in [-0.25, -0.2) is 4.39 Å². The van der Waals surface area contributed by atoms with Gasteiger partial charge in [0, 0.05) is 12.6 Å². The number of anilines is 1. The Labute approximate surface area is 115 Å². The standard InChI is InChI=1S/C12H18FIN2O/c1-3-16(4-2)5-6-17-12-7-9(13)10(14)8-11(12)15/h7-8H,3-6,15H2,1-2H3. The molecule has 0 saturated heterocycles. The molecule has 0 fully saturated rings. The monoisotopic (exact) mass is 352 g/mol. The number of nitrogens with two attached hydrogens (primary N) is 1. The second kappa shape index (κ2) is 7.00. The summed E-state index contributed by atoms with van der Waals surface area (Å²) >= 11 is 1.91. The van der Waals surface area contributed by atoms with Gasteiger partial charge in [-0.05, 0) is 41.7 Å². The fourth-order valence-electron chi connectivity index (χ4n) is 1.49. The van der Waals surface area contributed by atoms with E-state index in [0.29, 0.717) is 21.6 Å². The van der Waals surface area contributed by atoms with Gasteiger partial charge in [0.1, 0.15) is 18.2 Å². The van der Waals surface area contributed by atoms with Crippen LogP contribution in [0.3, 0.4) is 0 Å². The molecule has 1 aromatic rings. The lowest BCUT2D eigenvalue weighted by atomic mass is 10.3. The Morgan fingerprint density at radius 3 is 2.59 bits per heavy atom. The summed E-state index contributed by atoms with van der Waals surface area (Å²) in [5, 5.41) is 0. The van der Waals surface area contributed by atoms with E-state index in [9.17, 15) is 4.39 Å². The van der Waals surface area contributed by atoms with Crippen molar-refractivity contribution in [3.63, 3.8) is 0 Å². The van der Waals surface area contributed by atoms with Crippen molar-refractivity contribution in [2.24, 2.45) is 0 Å². The Balaban J connectivity index is 2.55. The van der Waals surface area contributed by atoms with Crippen LogP contribution in [-0.4, -0.2) is 31.1 Å². The molecule has 0 heterocycles. The van der Waals surface area contributed by atoms with Crippen molar-refractivity contribution in [1.29, 1.82) is 0 Å². The average Bonchev–Trinajstić information content (AvgIpc) is 2.31. The number of nitrogens with zero attached hydrogens (tertiary/aromatic N) is 1. The lowest BCUT2D eigenvalue weighted by Gasteiger charge is -2.18. The van der Waals surface area contributed by atoms with Crippen molar-refractivity contribution >= 4 is 28.3 Å². The van der Waals surface area contributed by atoms with Crippen LogP contribution >= 0.6 is 22.6 Å². The third-order valence-electron chi connectivity index (χ3n) is 2.61. The van der Waals surface area contributed by atoms with Gasteiger partial charge in [0.15, 0.2) is 0 Å². The van der Waals surface area contributed by atoms with Crippen LogP contribution in [0.2, 0.25) is 0 Å². The fourth-order valence-corrected chi connectivity index (χ4v) is 1.98. The molecule has 5 heteroatoms. The minimum Gasteiger partial charge on any atom is -0.490 e. The first-order chi connectivity index (χ1) is 8.08. The van der Waals surface area contributed by atoms with Crippen molar-refractivity contribution in [2.45, 2.75) is 13.8 Å². The molecule has 0 saturated carbocycles. The van der Waals surface area contributed by atoms with Gasteiger partial charge in [0.05, 0.1) is 9.26 Å². The minimum absolute atomic E-state index is 0.294. The van der Waals surface area contributed by atoms with Gasteiger partial charge < -0.3 is 15.4 Å². The van der Waals surface area contributed by atoms with Crippen molar-refractivity contribution in [3.8, 4) is 5.75 Å². The number of halogens is 2. The highest BCUT2D eigenvalue weighted by Crippen LogP contribution is 2.26. The largest absolute Gasteiger partial charge is 0.490 e. The van der Waals surface area contributed by atoms with Crippen LogP contribution in [0.15, 0.2) is 12.1 Å². The first-order valence-electron chi connectivity index (χ1n) is 5.68. The highest BCUT2D eigenvalue weighted by atomic mass is 127. The summed E-state index contributed by atoms with van der Waals surface area (Å²) < 4.78 is 19.3. The summed E-state index contributed by atoms with van der Waals surface area (Å²) in [6.45, 7) is 7.50. The van der Waals surface area contributed by atoms with Crippen molar-refractivity contribution in [3.05, 3.63) is 21.5 Å². The van der Waals surface area contributed by atoms with Crippen LogP contribution in [0.5, 0.6) is 5.75 Å². The fraction of sp³-hybridized carbons (Fsp3) is 0.500. The zero-order chi connectivity index (χ0) is 12.8. The molecule has 17 heavy (non-hydrogen) atoms. The minimum atomic E-state index is -0.294. The predicted molar refractivity (Wildman–Crippen MR) is 76.8 cm³/mol. The topological polar surface area (TPSA) is 38.5 Å². The van der Waals surface area contributed by atoms with E-state index in [1.54, 1.807) is 6.07 Å². The van der Waals surface area contributed by atoms with E-state index in [0.717, 1.165) is 19.6 Å². The van der Waals surface area contributed by atoms with Gasteiger partial charge in [-0.1, -0.05) is 13.8 Å². The van der Waals surface area contributed by atoms with E-state index in [4.69, 9.17) is 10.5 Å². The SMILES string of the molecule is CCN(CC)CCOc1cc(F)c(I)cc1N. The Bertz CT molecular complexity index is 370. The average molecular weight is 352 g/mol. The molecule has 0 atom stereocenters. The van der Waals surface area contributed by atoms with Gasteiger partial charge in [-0.2, -0.15) is 0 Å². The van der Waals surface area contributed by atoms with Crippen LogP contribution in [0, 0.1) is 9.39 Å². The van der Waals surface area contributed by atoms with Crippen molar-refractivity contribution in [2.75, 3.05) is 32.0 Å². The Morgan fingerprint density at radius 1 is 1.35 bits per heavy atom. The van der Waals surface area contributed by atoms with Crippen LogP contribution in [0.25, 0.3) is 0 Å². The van der Waals surface area contributed by atoms with Crippen molar-refractivity contribution < 1.29 is 9.13 Å². The maximum Gasteiger partial charge on any atom is 0.145 e. The third-order valence-corrected chi connectivity index (χ3v) is 3.44. The summed E-state index contributed by atoms with van der Waals surface area (Å²) in [6, 6.07) is 2.93. The third kappa shape index (κ3) is 4.31. The summed E-state index contributed by atoms with van der Waals surface area (Å²) in [4.78, 5) is 2.24. The highest BCUT2D eigenvalue weighted by molar-refractivity contribution is 14.1. The molecule has 0 radical (unpaired) electrons. The van der Waals surface area contributed by atoms with Gasteiger partial charge in [0.2, 0.25) is 0 Å². The first kappa shape index (κ1) is 14.5. The molecule has 0 aromatic heterocycles. The molecule has 0 amide bonds. The van der Waals surface area contributed by atoms with Gasteiger partial charge in [-0.15, -0.1) is 0 Å². The number of likely N-dealkylation sites (N-methyl/N-ethyl adjacent to an activating group) is 1. The number of nitrogen functional groups attached to an aromatic ring is 1. The quantitative estimate of drug-likeness (QED) is 0.632. The molecule has 1 rings (SSSR count). The summed E-state index contributed by atoms with van der Waals surface area (Å²) in [7, 11) is 0. The van der Waals surface area contributed by atoms with E-state index in [1.165, 1.54) is 6.07 Å². The predicted octanol–water partition coefficient (Wildman–Crippen LogP) is 2.73. The molecular formula is C12H18FIN2O. The molecule has 2 N–H and O–H groups in total. The molecule has 0 unspecified atom stereocenters. The number of ether oxygens (including phenoxy) is 1. The molecule has 0 aliphatic rings. The molecule has 96 valence electrons. The second-order valence-corrected chi connectivity index (χ2v) is 4.84. The summed E-state index contributed by atoms with van der Waals surface area (Å²) in [6.07, 6.45) is 0. The zero-order valence-electron chi connectivity index (χ0n) is 10.2. The molecule has 1 aromatic carbocycles. The Hall–Kier alpha value is -0.560. The number of benzene rings is 1. The number of hydrogen-bond acceptors (Lipinski definition) is 3. The van der Waals surface area contributed by atoms with E-state index in [2.05, 4.69) is 18.7 Å². The Morgan fingerprint density at radius 2 is 2.00 bits per heavy atom. The van der Waals surface area contributed by atoms with Crippen LogP contribution < -0.4 is 10.5 Å². The number of hydrogen-bond donors (Lipinski definition) is 1. The van der Waals surface area contributed by atoms with E-state index in [1.807, 2.05) is 22.6 Å². The lowest BCUT2D eigenvalue weighted by molar-refractivity contribution is 0.223. The van der Waals surface area contributed by atoms with E-state index >= 15 is 0 Å². The van der Waals surface area contributed by atoms with Crippen LogP contribution in [0.4, 0.5) is 10.1 Å². The smallest absolute Gasteiger partial charge is 0.145 e. The maximum atomic E-state index is 13.3. The molecule has 0 spiro atoms. The lowest BCUT2D eigenvalue weighted by Crippen LogP contribution is -2.28. The van der Waals surface area contributed by atoms with Gasteiger partial charge >= 0.3 is 0 Å². The molecule has 0 aliphatic heterocycles. The van der Waals surface area contributed by atoms with Gasteiger partial charge in [-0.3, -0.25) is 0 Å². The molecule has 0 bridgehead atoms. The second-order valence-electron chi connectivity index (χ2n) is 3.68. The van der Waals surface area contributed by atoms with Crippen LogP contribution in [0.1, 0.15) is 13.8 Å². The molecule has 3 nitrogen and oxygen atoms in total. The van der Waals surface area contributed by atoms with E-state index in [-0.39, 0.29) is 5.82 Å². The first-order valence-corrected chi connectivity index (χ1v) is 6.76. The highest BCUT2D eigenvalue weighted by Gasteiger charge is 2.07. The normalized spacial score (nSPS) is 10.9. The Kier molecular flexibility index (Phi) is 5.97. The van der Waals surface area contributed by atoms with Gasteiger partial charge in [0.25, 0.3) is 0 Å². The maximum absolute atomic E-state index is 13.3. The van der Waals surface area contributed by atoms with Crippen molar-refractivity contribution in [1.82, 2.24) is 4.90 Å². The van der Waals surface area contributed by atoms with E-state index < -0.39 is 0 Å². The zero-order valence-corrected chi connectivity index (χ0v) is 12.3. The number of rotatable bonds is 6. The summed E-state index contributed by atoms with van der Waals surface area (Å²) in [5.74, 6) is 0.132. The molecular weight excluding hydrogens is 334 g/mol.